The van der Waals surface area contributed by atoms with Crippen LogP contribution in [0.4, 0.5) is 0 Å². The molecule has 1 aromatic heterocycles. The van der Waals surface area contributed by atoms with Crippen LogP contribution in [0.15, 0.2) is 24.5 Å². The number of aryl methyl sites for hydroxylation is 1. The molecule has 1 aromatic carbocycles. The van der Waals surface area contributed by atoms with Crippen LogP contribution in [-0.4, -0.2) is 16.1 Å². The molecule has 0 fully saturated rings. The monoisotopic (exact) mass is 175 g/mol. The van der Waals surface area contributed by atoms with Gasteiger partial charge >= 0.3 is 0 Å². The van der Waals surface area contributed by atoms with E-state index < -0.39 is 0 Å². The predicted octanol–water partition coefficient (Wildman–Crippen LogP) is 1.30. The normalized spacial score (nSPS) is 10.9. The van der Waals surface area contributed by atoms with Crippen molar-refractivity contribution in [3.8, 4) is 0 Å². The molecule has 0 saturated carbocycles. The van der Waals surface area contributed by atoms with E-state index in [1.165, 1.54) is 11.1 Å². The summed E-state index contributed by atoms with van der Waals surface area (Å²) in [7, 11) is 0. The van der Waals surface area contributed by atoms with Crippen LogP contribution in [0.5, 0.6) is 0 Å². The first-order chi connectivity index (χ1) is 6.33. The van der Waals surface area contributed by atoms with Crippen LogP contribution < -0.4 is 5.73 Å². The first-order valence-corrected chi connectivity index (χ1v) is 4.43. The maximum atomic E-state index is 5.50. The highest BCUT2D eigenvalue weighted by molar-refractivity contribution is 5.78. The predicted molar refractivity (Wildman–Crippen MR) is 53.5 cm³/mol. The van der Waals surface area contributed by atoms with Crippen molar-refractivity contribution in [2.75, 3.05) is 6.54 Å². The van der Waals surface area contributed by atoms with Crippen LogP contribution in [0, 0.1) is 6.92 Å². The number of rotatable bonds is 2. The second-order valence-corrected chi connectivity index (χ2v) is 3.17. The highest BCUT2D eigenvalue weighted by Gasteiger charge is 2.02. The maximum Gasteiger partial charge on any atom is 0.0958 e. The van der Waals surface area contributed by atoms with Crippen molar-refractivity contribution < 1.29 is 0 Å². The van der Waals surface area contributed by atoms with Gasteiger partial charge < -0.3 is 10.3 Å². The molecule has 0 unspecified atom stereocenters. The molecular weight excluding hydrogens is 162 g/mol. The third-order valence-electron chi connectivity index (χ3n) is 2.22. The lowest BCUT2D eigenvalue weighted by molar-refractivity contribution is 0.728. The molecule has 13 heavy (non-hydrogen) atoms. The van der Waals surface area contributed by atoms with Crippen LogP contribution in [0.25, 0.3) is 11.0 Å². The van der Waals surface area contributed by atoms with Crippen molar-refractivity contribution in [3.05, 3.63) is 30.1 Å². The van der Waals surface area contributed by atoms with Gasteiger partial charge in [0.1, 0.15) is 0 Å². The smallest absolute Gasteiger partial charge is 0.0958 e. The molecule has 0 saturated heterocycles. The Morgan fingerprint density at radius 1 is 1.46 bits per heavy atom. The topological polar surface area (TPSA) is 43.8 Å². The molecule has 0 bridgehead atoms. The maximum absolute atomic E-state index is 5.50. The van der Waals surface area contributed by atoms with E-state index >= 15 is 0 Å². The summed E-state index contributed by atoms with van der Waals surface area (Å²) in [6.45, 7) is 3.56. The van der Waals surface area contributed by atoms with Gasteiger partial charge in [0, 0.05) is 13.1 Å². The molecule has 68 valence electrons. The Hall–Kier alpha value is -1.35. The fourth-order valence-electron chi connectivity index (χ4n) is 1.55. The van der Waals surface area contributed by atoms with Crippen molar-refractivity contribution >= 4 is 11.0 Å². The van der Waals surface area contributed by atoms with Gasteiger partial charge in [0.15, 0.2) is 0 Å². The number of nitrogens with zero attached hydrogens (tertiary/aromatic N) is 2. The number of hydrogen-bond acceptors (Lipinski definition) is 2. The Morgan fingerprint density at radius 3 is 3.08 bits per heavy atom. The van der Waals surface area contributed by atoms with E-state index in [-0.39, 0.29) is 0 Å². The zero-order valence-electron chi connectivity index (χ0n) is 7.70. The zero-order chi connectivity index (χ0) is 9.26. The minimum atomic E-state index is 0.652. The lowest BCUT2D eigenvalue weighted by atomic mass is 10.2. The Morgan fingerprint density at radius 2 is 2.31 bits per heavy atom. The molecule has 2 aromatic rings. The molecule has 3 heteroatoms. The molecular formula is C10H13N3. The molecule has 0 spiro atoms. The van der Waals surface area contributed by atoms with Crippen molar-refractivity contribution in [2.24, 2.45) is 5.73 Å². The molecule has 1 heterocycles. The van der Waals surface area contributed by atoms with E-state index in [1.54, 1.807) is 0 Å². The largest absolute Gasteiger partial charge is 0.329 e. The van der Waals surface area contributed by atoms with Crippen LogP contribution in [0.1, 0.15) is 5.56 Å². The second-order valence-electron chi connectivity index (χ2n) is 3.17. The van der Waals surface area contributed by atoms with E-state index in [9.17, 15) is 0 Å². The molecule has 0 atom stereocenters. The number of fused-ring (bicyclic) bond motifs is 1. The van der Waals surface area contributed by atoms with Crippen molar-refractivity contribution in [3.63, 3.8) is 0 Å². The molecule has 0 aliphatic rings. The van der Waals surface area contributed by atoms with Gasteiger partial charge in [0.05, 0.1) is 17.4 Å². The molecule has 0 amide bonds. The minimum absolute atomic E-state index is 0.652. The number of hydrogen-bond donors (Lipinski definition) is 1. The van der Waals surface area contributed by atoms with Gasteiger partial charge in [0.25, 0.3) is 0 Å². The highest BCUT2D eigenvalue weighted by atomic mass is 15.0. The van der Waals surface area contributed by atoms with Gasteiger partial charge in [-0.15, -0.1) is 0 Å². The number of aromatic nitrogens is 2. The number of para-hydroxylation sites is 1. The summed E-state index contributed by atoms with van der Waals surface area (Å²) in [5, 5.41) is 0. The third kappa shape index (κ3) is 1.31. The summed E-state index contributed by atoms with van der Waals surface area (Å²) in [5.41, 5.74) is 8.97. The quantitative estimate of drug-likeness (QED) is 0.747. The molecule has 2 N–H and O–H groups in total. The molecule has 0 radical (unpaired) electrons. The van der Waals surface area contributed by atoms with Crippen molar-refractivity contribution in [1.82, 2.24) is 9.55 Å². The van der Waals surface area contributed by atoms with Crippen LogP contribution in [0.2, 0.25) is 0 Å². The summed E-state index contributed by atoms with van der Waals surface area (Å²) < 4.78 is 2.09. The van der Waals surface area contributed by atoms with Gasteiger partial charge in [0.2, 0.25) is 0 Å². The summed E-state index contributed by atoms with van der Waals surface area (Å²) >= 11 is 0. The van der Waals surface area contributed by atoms with Gasteiger partial charge in [-0.05, 0) is 18.6 Å². The van der Waals surface area contributed by atoms with Gasteiger partial charge in [-0.25, -0.2) is 4.98 Å². The number of nitrogens with two attached hydrogens (primary N) is 1. The van der Waals surface area contributed by atoms with Gasteiger partial charge in [-0.2, -0.15) is 0 Å². The van der Waals surface area contributed by atoms with E-state index in [2.05, 4.69) is 28.6 Å². The second kappa shape index (κ2) is 3.18. The Balaban J connectivity index is 2.61. The van der Waals surface area contributed by atoms with E-state index in [4.69, 9.17) is 5.73 Å². The summed E-state index contributed by atoms with van der Waals surface area (Å²) in [4.78, 5) is 4.34. The summed E-state index contributed by atoms with van der Waals surface area (Å²) in [6, 6.07) is 6.19. The first kappa shape index (κ1) is 8.26. The molecule has 0 aliphatic carbocycles. The fourth-order valence-corrected chi connectivity index (χ4v) is 1.55. The first-order valence-electron chi connectivity index (χ1n) is 4.43. The zero-order valence-corrected chi connectivity index (χ0v) is 7.70. The van der Waals surface area contributed by atoms with Gasteiger partial charge in [-0.3, -0.25) is 0 Å². The Kier molecular flexibility index (Phi) is 2.02. The van der Waals surface area contributed by atoms with Crippen LogP contribution in [-0.2, 0) is 6.54 Å². The lowest BCUT2D eigenvalue weighted by Gasteiger charge is -2.00. The fraction of sp³-hybridized carbons (Fsp3) is 0.300. The van der Waals surface area contributed by atoms with Crippen molar-refractivity contribution in [2.45, 2.75) is 13.5 Å². The summed E-state index contributed by atoms with van der Waals surface area (Å²) in [5.74, 6) is 0. The van der Waals surface area contributed by atoms with E-state index in [0.717, 1.165) is 12.1 Å². The van der Waals surface area contributed by atoms with Crippen LogP contribution in [0.3, 0.4) is 0 Å². The number of benzene rings is 1. The average molecular weight is 175 g/mol. The highest BCUT2D eigenvalue weighted by Crippen LogP contribution is 2.15. The third-order valence-corrected chi connectivity index (χ3v) is 2.22. The van der Waals surface area contributed by atoms with Crippen LogP contribution >= 0.6 is 0 Å². The summed E-state index contributed by atoms with van der Waals surface area (Å²) in [6.07, 6.45) is 1.85. The standard InChI is InChI=1S/C10H13N3/c1-8-3-2-4-9-10(8)12-7-13(9)6-5-11/h2-4,7H,5-6,11H2,1H3. The number of imidazole rings is 1. The Labute approximate surface area is 77.2 Å². The van der Waals surface area contributed by atoms with Gasteiger partial charge in [-0.1, -0.05) is 12.1 Å². The Bertz CT molecular complexity index is 417. The van der Waals surface area contributed by atoms with E-state index in [1.807, 2.05) is 12.4 Å². The molecule has 0 aliphatic heterocycles. The molecule has 3 nitrogen and oxygen atoms in total. The van der Waals surface area contributed by atoms with Crippen molar-refractivity contribution in [1.29, 1.82) is 0 Å². The minimum Gasteiger partial charge on any atom is -0.329 e. The van der Waals surface area contributed by atoms with E-state index in [0.29, 0.717) is 6.54 Å². The SMILES string of the molecule is Cc1cccc2c1ncn2CCN. The average Bonchev–Trinajstić information content (AvgIpc) is 2.51. The molecule has 2 rings (SSSR count). The lowest BCUT2D eigenvalue weighted by Crippen LogP contribution is -2.08.